The van der Waals surface area contributed by atoms with Crippen molar-refractivity contribution in [3.05, 3.63) is 24.3 Å². The molecule has 2 atom stereocenters. The Bertz CT molecular complexity index is 381. The summed E-state index contributed by atoms with van der Waals surface area (Å²) in [6, 6.07) is 8.44. The van der Waals surface area contributed by atoms with Crippen molar-refractivity contribution in [3.8, 4) is 11.5 Å². The number of hydrogen-bond donors (Lipinski definition) is 1. The SMILES string of the molecule is COc1cccc(OCCNC2CCCC(C)C2)c1. The van der Waals surface area contributed by atoms with Crippen molar-refractivity contribution in [1.82, 2.24) is 5.32 Å². The average molecular weight is 263 g/mol. The Hall–Kier alpha value is -1.22. The summed E-state index contributed by atoms with van der Waals surface area (Å²) in [7, 11) is 1.67. The fourth-order valence-corrected chi connectivity index (χ4v) is 2.74. The van der Waals surface area contributed by atoms with Gasteiger partial charge in [-0.2, -0.15) is 0 Å². The van der Waals surface area contributed by atoms with Gasteiger partial charge in [0.05, 0.1) is 7.11 Å². The van der Waals surface area contributed by atoms with E-state index in [-0.39, 0.29) is 0 Å². The van der Waals surface area contributed by atoms with Gasteiger partial charge in [0.15, 0.2) is 0 Å². The third-order valence-electron chi connectivity index (χ3n) is 3.78. The molecule has 106 valence electrons. The second-order valence-electron chi connectivity index (χ2n) is 5.45. The fourth-order valence-electron chi connectivity index (χ4n) is 2.74. The number of methoxy groups -OCH3 is 1. The molecule has 2 unspecified atom stereocenters. The highest BCUT2D eigenvalue weighted by Crippen LogP contribution is 2.23. The quantitative estimate of drug-likeness (QED) is 0.799. The Morgan fingerprint density at radius 3 is 2.89 bits per heavy atom. The molecule has 2 rings (SSSR count). The lowest BCUT2D eigenvalue weighted by Gasteiger charge is -2.27. The Kier molecular flexibility index (Phi) is 5.52. The normalized spacial score (nSPS) is 23.1. The van der Waals surface area contributed by atoms with Crippen LogP contribution < -0.4 is 14.8 Å². The third kappa shape index (κ3) is 4.75. The lowest BCUT2D eigenvalue weighted by molar-refractivity contribution is 0.265. The van der Waals surface area contributed by atoms with Crippen LogP contribution in [0.5, 0.6) is 11.5 Å². The summed E-state index contributed by atoms with van der Waals surface area (Å²) >= 11 is 0. The summed E-state index contributed by atoms with van der Waals surface area (Å²) in [5.74, 6) is 2.58. The van der Waals surface area contributed by atoms with Crippen molar-refractivity contribution >= 4 is 0 Å². The molecule has 1 aliphatic rings. The highest BCUT2D eigenvalue weighted by atomic mass is 16.5. The van der Waals surface area contributed by atoms with E-state index in [1.54, 1.807) is 7.11 Å². The van der Waals surface area contributed by atoms with E-state index >= 15 is 0 Å². The van der Waals surface area contributed by atoms with Gasteiger partial charge in [-0.25, -0.2) is 0 Å². The lowest BCUT2D eigenvalue weighted by atomic mass is 9.87. The zero-order chi connectivity index (χ0) is 13.5. The second-order valence-corrected chi connectivity index (χ2v) is 5.45. The second kappa shape index (κ2) is 7.39. The monoisotopic (exact) mass is 263 g/mol. The summed E-state index contributed by atoms with van der Waals surface area (Å²) in [6.45, 7) is 3.97. The summed E-state index contributed by atoms with van der Waals surface area (Å²) in [5, 5.41) is 3.59. The van der Waals surface area contributed by atoms with E-state index in [9.17, 15) is 0 Å². The molecule has 1 aromatic carbocycles. The molecular weight excluding hydrogens is 238 g/mol. The van der Waals surface area contributed by atoms with Crippen molar-refractivity contribution in [2.24, 2.45) is 5.92 Å². The van der Waals surface area contributed by atoms with Gasteiger partial charge in [0.1, 0.15) is 18.1 Å². The van der Waals surface area contributed by atoms with Crippen LogP contribution in [0.2, 0.25) is 0 Å². The number of hydrogen-bond acceptors (Lipinski definition) is 3. The first-order valence-corrected chi connectivity index (χ1v) is 7.28. The highest BCUT2D eigenvalue weighted by Gasteiger charge is 2.17. The van der Waals surface area contributed by atoms with Crippen molar-refractivity contribution in [3.63, 3.8) is 0 Å². The van der Waals surface area contributed by atoms with Gasteiger partial charge in [0.2, 0.25) is 0 Å². The first-order chi connectivity index (χ1) is 9.28. The van der Waals surface area contributed by atoms with Gasteiger partial charge in [0.25, 0.3) is 0 Å². The topological polar surface area (TPSA) is 30.5 Å². The summed E-state index contributed by atoms with van der Waals surface area (Å²) < 4.78 is 10.9. The first kappa shape index (κ1) is 14.2. The van der Waals surface area contributed by atoms with Gasteiger partial charge in [0, 0.05) is 18.7 Å². The van der Waals surface area contributed by atoms with Crippen LogP contribution in [0.15, 0.2) is 24.3 Å². The van der Waals surface area contributed by atoms with Crippen molar-refractivity contribution in [1.29, 1.82) is 0 Å². The van der Waals surface area contributed by atoms with Gasteiger partial charge < -0.3 is 14.8 Å². The molecule has 1 aromatic rings. The van der Waals surface area contributed by atoms with Gasteiger partial charge in [-0.05, 0) is 30.9 Å². The smallest absolute Gasteiger partial charge is 0.123 e. The van der Waals surface area contributed by atoms with Crippen LogP contribution in [0.25, 0.3) is 0 Å². The van der Waals surface area contributed by atoms with Gasteiger partial charge in [-0.1, -0.05) is 25.8 Å². The minimum Gasteiger partial charge on any atom is -0.497 e. The molecule has 1 N–H and O–H groups in total. The van der Waals surface area contributed by atoms with Crippen molar-refractivity contribution < 1.29 is 9.47 Å². The molecule has 0 bridgehead atoms. The fraction of sp³-hybridized carbons (Fsp3) is 0.625. The predicted molar refractivity (Wildman–Crippen MR) is 77.9 cm³/mol. The molecule has 1 saturated carbocycles. The maximum atomic E-state index is 5.72. The molecule has 1 aliphatic carbocycles. The number of rotatable bonds is 6. The number of nitrogens with one attached hydrogen (secondary N) is 1. The molecule has 0 aromatic heterocycles. The molecule has 3 nitrogen and oxygen atoms in total. The summed E-state index contributed by atoms with van der Waals surface area (Å²) in [5.41, 5.74) is 0. The van der Waals surface area contributed by atoms with Crippen molar-refractivity contribution in [2.75, 3.05) is 20.3 Å². The molecule has 19 heavy (non-hydrogen) atoms. The highest BCUT2D eigenvalue weighted by molar-refractivity contribution is 5.32. The van der Waals surface area contributed by atoms with Crippen LogP contribution in [0.1, 0.15) is 32.6 Å². The van der Waals surface area contributed by atoms with E-state index in [0.29, 0.717) is 12.6 Å². The predicted octanol–water partition coefficient (Wildman–Crippen LogP) is 3.24. The molecule has 0 amide bonds. The van der Waals surface area contributed by atoms with E-state index in [0.717, 1.165) is 24.0 Å². The Balaban J connectivity index is 1.66. The maximum Gasteiger partial charge on any atom is 0.123 e. The van der Waals surface area contributed by atoms with Crippen LogP contribution in [-0.2, 0) is 0 Å². The van der Waals surface area contributed by atoms with E-state index in [4.69, 9.17) is 9.47 Å². The van der Waals surface area contributed by atoms with Gasteiger partial charge >= 0.3 is 0 Å². The van der Waals surface area contributed by atoms with E-state index in [1.165, 1.54) is 25.7 Å². The van der Waals surface area contributed by atoms with Crippen LogP contribution in [0.3, 0.4) is 0 Å². The Labute approximate surface area is 116 Å². The van der Waals surface area contributed by atoms with Gasteiger partial charge in [-0.15, -0.1) is 0 Å². The molecule has 1 fully saturated rings. The van der Waals surface area contributed by atoms with Crippen molar-refractivity contribution in [2.45, 2.75) is 38.6 Å². The average Bonchev–Trinajstić information content (AvgIpc) is 2.44. The number of benzene rings is 1. The molecule has 0 spiro atoms. The van der Waals surface area contributed by atoms with Crippen LogP contribution in [-0.4, -0.2) is 26.3 Å². The first-order valence-electron chi connectivity index (χ1n) is 7.28. The Morgan fingerprint density at radius 2 is 2.11 bits per heavy atom. The number of ether oxygens (including phenoxy) is 2. The molecule has 0 heterocycles. The van der Waals surface area contributed by atoms with E-state index < -0.39 is 0 Å². The molecule has 0 aliphatic heterocycles. The van der Waals surface area contributed by atoms with E-state index in [1.807, 2.05) is 24.3 Å². The molecule has 3 heteroatoms. The minimum absolute atomic E-state index is 0.678. The standard InChI is InChI=1S/C16H25NO2/c1-13-5-3-6-14(11-13)17-9-10-19-16-8-4-7-15(12-16)18-2/h4,7-8,12-14,17H,3,5-6,9-11H2,1-2H3. The van der Waals surface area contributed by atoms with Crippen LogP contribution >= 0.6 is 0 Å². The Morgan fingerprint density at radius 1 is 1.26 bits per heavy atom. The molecule has 0 saturated heterocycles. The zero-order valence-electron chi connectivity index (χ0n) is 12.0. The lowest BCUT2D eigenvalue weighted by Crippen LogP contribution is -2.36. The van der Waals surface area contributed by atoms with Gasteiger partial charge in [-0.3, -0.25) is 0 Å². The zero-order valence-corrected chi connectivity index (χ0v) is 12.0. The molecule has 0 radical (unpaired) electrons. The van der Waals surface area contributed by atoms with Crippen LogP contribution in [0.4, 0.5) is 0 Å². The molecular formula is C16H25NO2. The summed E-state index contributed by atoms with van der Waals surface area (Å²) in [4.78, 5) is 0. The summed E-state index contributed by atoms with van der Waals surface area (Å²) in [6.07, 6.45) is 5.36. The van der Waals surface area contributed by atoms with E-state index in [2.05, 4.69) is 12.2 Å². The maximum absolute atomic E-state index is 5.72. The third-order valence-corrected chi connectivity index (χ3v) is 3.78. The minimum atomic E-state index is 0.678. The van der Waals surface area contributed by atoms with Crippen LogP contribution in [0, 0.1) is 5.92 Å². The largest absolute Gasteiger partial charge is 0.497 e.